The van der Waals surface area contributed by atoms with Crippen molar-refractivity contribution in [3.05, 3.63) is 29.8 Å². The van der Waals surface area contributed by atoms with Crippen molar-refractivity contribution in [3.8, 4) is 0 Å². The van der Waals surface area contributed by atoms with E-state index in [9.17, 15) is 4.79 Å². The minimum absolute atomic E-state index is 0.0984. The summed E-state index contributed by atoms with van der Waals surface area (Å²) in [4.78, 5) is 11.1. The zero-order valence-corrected chi connectivity index (χ0v) is 15.2. The van der Waals surface area contributed by atoms with Crippen molar-refractivity contribution >= 4 is 18.6 Å². The van der Waals surface area contributed by atoms with Crippen LogP contribution in [0.25, 0.3) is 0 Å². The number of hydrogen-bond acceptors (Lipinski definition) is 4. The van der Waals surface area contributed by atoms with Crippen molar-refractivity contribution in [1.82, 2.24) is 0 Å². The van der Waals surface area contributed by atoms with Crippen molar-refractivity contribution in [2.45, 2.75) is 71.7 Å². The zero-order valence-electron chi connectivity index (χ0n) is 15.2. The molecule has 0 radical (unpaired) electrons. The Kier molecular flexibility index (Phi) is 4.93. The van der Waals surface area contributed by atoms with E-state index >= 15 is 0 Å². The largest absolute Gasteiger partial charge is 0.494 e. The van der Waals surface area contributed by atoms with Crippen LogP contribution in [-0.2, 0) is 18.8 Å². The number of carbonyl (C=O) groups is 1. The topological polar surface area (TPSA) is 44.8 Å². The van der Waals surface area contributed by atoms with E-state index in [1.807, 2.05) is 52.8 Å². The molecule has 0 spiro atoms. The smallest absolute Gasteiger partial charge is 0.462 e. The van der Waals surface area contributed by atoms with E-state index < -0.39 is 0 Å². The molecule has 5 heteroatoms. The molecule has 23 heavy (non-hydrogen) atoms. The van der Waals surface area contributed by atoms with Gasteiger partial charge < -0.3 is 14.0 Å². The summed E-state index contributed by atoms with van der Waals surface area (Å²) in [5.41, 5.74) is 1.38. The molecule has 1 aliphatic rings. The van der Waals surface area contributed by atoms with E-state index in [1.165, 1.54) is 6.92 Å². The molecule has 1 aromatic rings. The van der Waals surface area contributed by atoms with E-state index in [2.05, 4.69) is 13.0 Å². The third-order valence-corrected chi connectivity index (χ3v) is 5.02. The normalized spacial score (nSPS) is 21.8. The van der Waals surface area contributed by atoms with Crippen LogP contribution in [-0.4, -0.2) is 30.4 Å². The second kappa shape index (κ2) is 6.29. The highest BCUT2D eigenvalue weighted by molar-refractivity contribution is 6.62. The van der Waals surface area contributed by atoms with Gasteiger partial charge in [-0.05, 0) is 45.6 Å². The maximum atomic E-state index is 11.1. The standard InChI is InChI=1S/C18H27BO4/c1-12(13(2)21-14(3)20)15-9-8-10-16(11-15)19-22-17(4,5)18(6,7)23-19/h8-13H,1-7H3. The van der Waals surface area contributed by atoms with Gasteiger partial charge in [0.1, 0.15) is 6.10 Å². The van der Waals surface area contributed by atoms with Crippen LogP contribution in [0.15, 0.2) is 24.3 Å². The molecule has 0 saturated carbocycles. The first-order valence-corrected chi connectivity index (χ1v) is 8.16. The molecule has 0 N–H and O–H groups in total. The summed E-state index contributed by atoms with van der Waals surface area (Å²) in [5.74, 6) is -0.160. The summed E-state index contributed by atoms with van der Waals surface area (Å²) in [5, 5.41) is 0. The van der Waals surface area contributed by atoms with Gasteiger partial charge in [-0.1, -0.05) is 31.2 Å². The lowest BCUT2D eigenvalue weighted by Crippen LogP contribution is -2.41. The van der Waals surface area contributed by atoms with Crippen LogP contribution in [0.3, 0.4) is 0 Å². The lowest BCUT2D eigenvalue weighted by Gasteiger charge is -2.32. The summed E-state index contributed by atoms with van der Waals surface area (Å²) in [7, 11) is -0.379. The van der Waals surface area contributed by atoms with Crippen molar-refractivity contribution < 1.29 is 18.8 Å². The number of esters is 1. The van der Waals surface area contributed by atoms with Crippen LogP contribution in [0.1, 0.15) is 59.9 Å². The van der Waals surface area contributed by atoms with Crippen LogP contribution >= 0.6 is 0 Å². The molecule has 1 aromatic carbocycles. The Labute approximate surface area is 139 Å². The molecule has 1 saturated heterocycles. The van der Waals surface area contributed by atoms with Gasteiger partial charge in [-0.3, -0.25) is 4.79 Å². The fourth-order valence-corrected chi connectivity index (χ4v) is 2.60. The number of ether oxygens (including phenoxy) is 1. The van der Waals surface area contributed by atoms with Gasteiger partial charge in [-0.25, -0.2) is 0 Å². The summed E-state index contributed by atoms with van der Waals surface area (Å²) < 4.78 is 17.5. The minimum Gasteiger partial charge on any atom is -0.462 e. The molecule has 0 aliphatic carbocycles. The third-order valence-electron chi connectivity index (χ3n) is 5.02. The highest BCUT2D eigenvalue weighted by atomic mass is 16.7. The molecule has 2 atom stereocenters. The van der Waals surface area contributed by atoms with Crippen molar-refractivity contribution in [3.63, 3.8) is 0 Å². The molecule has 4 nitrogen and oxygen atoms in total. The Morgan fingerprint density at radius 3 is 2.22 bits per heavy atom. The summed E-state index contributed by atoms with van der Waals surface area (Å²) in [6.07, 6.45) is -0.180. The second-order valence-electron chi connectivity index (χ2n) is 7.36. The molecular formula is C18H27BO4. The van der Waals surface area contributed by atoms with Crippen LogP contribution in [0, 0.1) is 0 Å². The maximum absolute atomic E-state index is 11.1. The van der Waals surface area contributed by atoms with Gasteiger partial charge in [0.15, 0.2) is 0 Å². The van der Waals surface area contributed by atoms with Crippen LogP contribution < -0.4 is 5.46 Å². The lowest BCUT2D eigenvalue weighted by molar-refractivity contribution is -0.146. The molecule has 1 aliphatic heterocycles. The van der Waals surface area contributed by atoms with Crippen molar-refractivity contribution in [1.29, 1.82) is 0 Å². The summed E-state index contributed by atoms with van der Waals surface area (Å²) in [6, 6.07) is 8.12. The SMILES string of the molecule is CC(=O)OC(C)C(C)c1cccc(B2OC(C)(C)C(C)(C)O2)c1. The lowest BCUT2D eigenvalue weighted by atomic mass is 9.77. The molecule has 2 unspecified atom stereocenters. The summed E-state index contributed by atoms with van der Waals surface area (Å²) >= 11 is 0. The van der Waals surface area contributed by atoms with E-state index in [0.717, 1.165) is 11.0 Å². The van der Waals surface area contributed by atoms with Gasteiger partial charge >= 0.3 is 13.1 Å². The van der Waals surface area contributed by atoms with Gasteiger partial charge in [0.05, 0.1) is 11.2 Å². The predicted octanol–water partition coefficient (Wildman–Crippen LogP) is 3.04. The van der Waals surface area contributed by atoms with Crippen LogP contribution in [0.5, 0.6) is 0 Å². The average molecular weight is 318 g/mol. The highest BCUT2D eigenvalue weighted by Crippen LogP contribution is 2.36. The van der Waals surface area contributed by atoms with Gasteiger partial charge in [0.25, 0.3) is 0 Å². The molecule has 126 valence electrons. The fourth-order valence-electron chi connectivity index (χ4n) is 2.60. The Morgan fingerprint density at radius 1 is 1.13 bits per heavy atom. The molecule has 1 fully saturated rings. The third kappa shape index (κ3) is 3.78. The predicted molar refractivity (Wildman–Crippen MR) is 91.8 cm³/mol. The van der Waals surface area contributed by atoms with E-state index in [4.69, 9.17) is 14.0 Å². The number of rotatable bonds is 4. The summed E-state index contributed by atoms with van der Waals surface area (Å²) in [6.45, 7) is 13.6. The molecule has 1 heterocycles. The number of carbonyl (C=O) groups excluding carboxylic acids is 1. The minimum atomic E-state index is -0.379. The van der Waals surface area contributed by atoms with E-state index in [1.54, 1.807) is 0 Å². The van der Waals surface area contributed by atoms with E-state index in [-0.39, 0.29) is 36.3 Å². The van der Waals surface area contributed by atoms with Crippen molar-refractivity contribution in [2.24, 2.45) is 0 Å². The highest BCUT2D eigenvalue weighted by Gasteiger charge is 2.51. The Bertz CT molecular complexity index is 566. The molecular weight excluding hydrogens is 291 g/mol. The maximum Gasteiger partial charge on any atom is 0.494 e. The Balaban J connectivity index is 2.19. The van der Waals surface area contributed by atoms with E-state index in [0.29, 0.717) is 0 Å². The Hall–Kier alpha value is -1.33. The monoisotopic (exact) mass is 318 g/mol. The number of hydrogen-bond donors (Lipinski definition) is 0. The zero-order chi connectivity index (χ0) is 17.4. The first kappa shape index (κ1) is 18.0. The quantitative estimate of drug-likeness (QED) is 0.632. The van der Waals surface area contributed by atoms with Gasteiger partial charge in [0.2, 0.25) is 0 Å². The molecule has 0 bridgehead atoms. The first-order chi connectivity index (χ1) is 10.5. The van der Waals surface area contributed by atoms with Gasteiger partial charge in [0, 0.05) is 12.8 Å². The molecule has 2 rings (SSSR count). The first-order valence-electron chi connectivity index (χ1n) is 8.16. The molecule has 0 amide bonds. The van der Waals surface area contributed by atoms with Crippen LogP contribution in [0.2, 0.25) is 0 Å². The van der Waals surface area contributed by atoms with Crippen molar-refractivity contribution in [2.75, 3.05) is 0 Å². The number of benzene rings is 1. The molecule has 0 aromatic heterocycles. The average Bonchev–Trinajstić information content (AvgIpc) is 2.66. The van der Waals surface area contributed by atoms with Gasteiger partial charge in [-0.15, -0.1) is 0 Å². The van der Waals surface area contributed by atoms with Gasteiger partial charge in [-0.2, -0.15) is 0 Å². The second-order valence-corrected chi connectivity index (χ2v) is 7.36. The fraction of sp³-hybridized carbons (Fsp3) is 0.611. The Morgan fingerprint density at radius 2 is 1.70 bits per heavy atom. The van der Waals surface area contributed by atoms with Crippen LogP contribution in [0.4, 0.5) is 0 Å².